The van der Waals surface area contributed by atoms with Crippen molar-refractivity contribution in [2.75, 3.05) is 0 Å². The highest BCUT2D eigenvalue weighted by Gasteiger charge is 2.02. The topological polar surface area (TPSA) is 3.88 Å². The fraction of sp³-hybridized carbons (Fsp3) is 0.100. The average Bonchev–Trinajstić information content (AvgIpc) is 2.04. The molecule has 3 heteroatoms. The maximum atomic E-state index is 3.45. The Morgan fingerprint density at radius 1 is 1.23 bits per heavy atom. The van der Waals surface area contributed by atoms with Gasteiger partial charge < -0.3 is 24.0 Å². The Hall–Kier alpha value is -0.160. The van der Waals surface area contributed by atoms with Gasteiger partial charge in [0.15, 0.2) is 6.20 Å². The van der Waals surface area contributed by atoms with Crippen LogP contribution in [0.4, 0.5) is 0 Å². The minimum atomic E-state index is 0. The number of fused-ring (bicyclic) bond motifs is 1. The van der Waals surface area contributed by atoms with E-state index in [0.29, 0.717) is 0 Å². The quantitative estimate of drug-likeness (QED) is 0.443. The summed E-state index contributed by atoms with van der Waals surface area (Å²) in [5.41, 5.74) is 1.25. The summed E-state index contributed by atoms with van der Waals surface area (Å²) < 4.78 is 3.24. The van der Waals surface area contributed by atoms with Crippen molar-refractivity contribution in [2.45, 2.75) is 0 Å². The molecule has 0 unspecified atom stereocenters. The number of hydrogen-bond donors (Lipinski definition) is 0. The highest BCUT2D eigenvalue weighted by Crippen LogP contribution is 2.16. The molecule has 0 atom stereocenters. The second-order valence-corrected chi connectivity index (χ2v) is 3.74. The summed E-state index contributed by atoms with van der Waals surface area (Å²) in [6, 6.07) is 10.5. The lowest BCUT2D eigenvalue weighted by Gasteiger charge is -1.95. The zero-order valence-electron chi connectivity index (χ0n) is 7.17. The van der Waals surface area contributed by atoms with Crippen LogP contribution in [0, 0.1) is 0 Å². The fourth-order valence-corrected chi connectivity index (χ4v) is 1.71. The Labute approximate surface area is 103 Å². The molecule has 13 heavy (non-hydrogen) atoms. The van der Waals surface area contributed by atoms with Crippen LogP contribution in [0.3, 0.4) is 0 Å². The van der Waals surface area contributed by atoms with Gasteiger partial charge in [0.2, 0.25) is 5.52 Å². The number of benzene rings is 1. The molecule has 1 aromatic heterocycles. The first-order valence-electron chi connectivity index (χ1n) is 3.81. The molecule has 0 fully saturated rings. The molecule has 0 saturated carbocycles. The lowest BCUT2D eigenvalue weighted by atomic mass is 10.2. The van der Waals surface area contributed by atoms with Crippen LogP contribution in [0.2, 0.25) is 0 Å². The van der Waals surface area contributed by atoms with Gasteiger partial charge in [-0.05, 0) is 18.2 Å². The third-order valence-electron chi connectivity index (χ3n) is 1.96. The van der Waals surface area contributed by atoms with Gasteiger partial charge in [-0.2, -0.15) is 0 Å². The molecule has 1 nitrogen and oxygen atoms in total. The Kier molecular flexibility index (Phi) is 3.67. The SMILES string of the molecule is C[n+]1cccc2cc(Br)ccc21.[I-]. The molecular weight excluding hydrogens is 341 g/mol. The van der Waals surface area contributed by atoms with Crippen molar-refractivity contribution in [3.63, 3.8) is 0 Å². The normalized spacial score (nSPS) is 9.69. The monoisotopic (exact) mass is 349 g/mol. The maximum absolute atomic E-state index is 3.45. The second kappa shape index (κ2) is 4.37. The van der Waals surface area contributed by atoms with Gasteiger partial charge in [-0.15, -0.1) is 0 Å². The predicted molar refractivity (Wildman–Crippen MR) is 52.8 cm³/mol. The summed E-state index contributed by atoms with van der Waals surface area (Å²) in [5.74, 6) is 0. The number of halogens is 2. The number of aromatic nitrogens is 1. The molecule has 0 saturated heterocycles. The minimum absolute atomic E-state index is 0. The number of pyridine rings is 1. The van der Waals surface area contributed by atoms with E-state index in [4.69, 9.17) is 0 Å². The van der Waals surface area contributed by atoms with E-state index in [1.54, 1.807) is 0 Å². The molecule has 1 heterocycles. The van der Waals surface area contributed by atoms with Crippen molar-refractivity contribution < 1.29 is 28.5 Å². The van der Waals surface area contributed by atoms with Gasteiger partial charge in [0.25, 0.3) is 0 Å². The van der Waals surface area contributed by atoms with Crippen molar-refractivity contribution >= 4 is 26.8 Å². The Morgan fingerprint density at radius 2 is 2.00 bits per heavy atom. The van der Waals surface area contributed by atoms with Gasteiger partial charge in [-0.1, -0.05) is 15.9 Å². The lowest BCUT2D eigenvalue weighted by Crippen LogP contribution is -3.00. The van der Waals surface area contributed by atoms with Crippen LogP contribution in [-0.4, -0.2) is 0 Å². The number of aryl methyl sites for hydroxylation is 1. The summed E-state index contributed by atoms with van der Waals surface area (Å²) >= 11 is 3.45. The zero-order chi connectivity index (χ0) is 8.55. The molecule has 2 rings (SSSR count). The predicted octanol–water partition coefficient (Wildman–Crippen LogP) is -0.569. The molecule has 0 aliphatic carbocycles. The van der Waals surface area contributed by atoms with Crippen molar-refractivity contribution in [3.05, 3.63) is 41.0 Å². The van der Waals surface area contributed by atoms with Crippen LogP contribution < -0.4 is 28.5 Å². The first kappa shape index (κ1) is 10.9. The van der Waals surface area contributed by atoms with Crippen molar-refractivity contribution in [2.24, 2.45) is 7.05 Å². The molecule has 0 aliphatic heterocycles. The third-order valence-corrected chi connectivity index (χ3v) is 2.45. The zero-order valence-corrected chi connectivity index (χ0v) is 10.9. The summed E-state index contributed by atoms with van der Waals surface area (Å²) in [6.45, 7) is 0. The third kappa shape index (κ3) is 2.20. The summed E-state index contributed by atoms with van der Waals surface area (Å²) in [5, 5.41) is 1.26. The van der Waals surface area contributed by atoms with Crippen LogP contribution in [0.1, 0.15) is 0 Å². The van der Waals surface area contributed by atoms with Gasteiger partial charge in [0.1, 0.15) is 7.05 Å². The van der Waals surface area contributed by atoms with Crippen LogP contribution in [0.15, 0.2) is 41.0 Å². The molecular formula is C10H9BrIN. The Morgan fingerprint density at radius 3 is 2.77 bits per heavy atom. The summed E-state index contributed by atoms with van der Waals surface area (Å²) in [7, 11) is 2.05. The first-order chi connectivity index (χ1) is 5.77. The van der Waals surface area contributed by atoms with Gasteiger partial charge in [-0.3, -0.25) is 0 Å². The highest BCUT2D eigenvalue weighted by molar-refractivity contribution is 9.10. The molecule has 1 aromatic carbocycles. The van der Waals surface area contributed by atoms with Gasteiger partial charge in [0, 0.05) is 22.0 Å². The Balaban J connectivity index is 0.000000845. The second-order valence-electron chi connectivity index (χ2n) is 2.82. The van der Waals surface area contributed by atoms with Crippen molar-refractivity contribution in [1.29, 1.82) is 0 Å². The van der Waals surface area contributed by atoms with E-state index in [2.05, 4.69) is 64.1 Å². The molecule has 0 radical (unpaired) electrons. The maximum Gasteiger partial charge on any atom is 0.212 e. The minimum Gasteiger partial charge on any atom is -1.00 e. The van der Waals surface area contributed by atoms with Crippen LogP contribution in [0.25, 0.3) is 10.9 Å². The molecule has 0 aliphatic rings. The van der Waals surface area contributed by atoms with E-state index < -0.39 is 0 Å². The van der Waals surface area contributed by atoms with Crippen molar-refractivity contribution in [3.8, 4) is 0 Å². The van der Waals surface area contributed by atoms with E-state index in [9.17, 15) is 0 Å². The van der Waals surface area contributed by atoms with Gasteiger partial charge in [-0.25, -0.2) is 4.57 Å². The highest BCUT2D eigenvalue weighted by atomic mass is 127. The average molecular weight is 350 g/mol. The largest absolute Gasteiger partial charge is 1.00 e. The van der Waals surface area contributed by atoms with Crippen molar-refractivity contribution in [1.82, 2.24) is 0 Å². The van der Waals surface area contributed by atoms with Crippen LogP contribution in [-0.2, 0) is 7.05 Å². The molecule has 0 bridgehead atoms. The summed E-state index contributed by atoms with van der Waals surface area (Å²) in [6.07, 6.45) is 2.05. The van der Waals surface area contributed by atoms with E-state index in [-0.39, 0.29) is 24.0 Å². The van der Waals surface area contributed by atoms with E-state index in [1.165, 1.54) is 10.9 Å². The number of nitrogens with zero attached hydrogens (tertiary/aromatic N) is 1. The molecule has 0 spiro atoms. The standard InChI is InChI=1S/C10H9BrN.HI/c1-12-6-2-3-8-7-9(11)4-5-10(8)12;/h2-7H,1H3;1H/q+1;/p-1. The number of rotatable bonds is 0. The van der Waals surface area contributed by atoms with Gasteiger partial charge in [0.05, 0.1) is 0 Å². The lowest BCUT2D eigenvalue weighted by molar-refractivity contribution is -0.644. The molecule has 0 N–H and O–H groups in total. The molecule has 2 aromatic rings. The summed E-state index contributed by atoms with van der Waals surface area (Å²) in [4.78, 5) is 0. The van der Waals surface area contributed by atoms with E-state index in [0.717, 1.165) is 4.47 Å². The molecule has 68 valence electrons. The Bertz CT molecular complexity index is 428. The van der Waals surface area contributed by atoms with Crippen LogP contribution in [0.5, 0.6) is 0 Å². The fourth-order valence-electron chi connectivity index (χ4n) is 1.34. The smallest absolute Gasteiger partial charge is 0.212 e. The molecule has 0 amide bonds. The first-order valence-corrected chi connectivity index (χ1v) is 4.60. The van der Waals surface area contributed by atoms with Crippen LogP contribution >= 0.6 is 15.9 Å². The van der Waals surface area contributed by atoms with E-state index in [1.807, 2.05) is 0 Å². The number of hydrogen-bond acceptors (Lipinski definition) is 0. The van der Waals surface area contributed by atoms with E-state index >= 15 is 0 Å². The van der Waals surface area contributed by atoms with Gasteiger partial charge >= 0.3 is 0 Å².